The molecule has 0 bridgehead atoms. The van der Waals surface area contributed by atoms with E-state index in [0.717, 1.165) is 11.0 Å². The van der Waals surface area contributed by atoms with Crippen molar-refractivity contribution in [2.45, 2.75) is 24.7 Å². The van der Waals surface area contributed by atoms with Crippen molar-refractivity contribution in [1.82, 2.24) is 10.6 Å². The summed E-state index contributed by atoms with van der Waals surface area (Å²) in [6.45, 7) is 1.34. The summed E-state index contributed by atoms with van der Waals surface area (Å²) in [4.78, 5) is 15.3. The number of hydrogen-bond acceptors (Lipinski definition) is 3. The molecule has 5 nitrogen and oxygen atoms in total. The van der Waals surface area contributed by atoms with Crippen molar-refractivity contribution in [1.29, 1.82) is 0 Å². The van der Waals surface area contributed by atoms with Gasteiger partial charge < -0.3 is 15.4 Å². The van der Waals surface area contributed by atoms with Gasteiger partial charge in [0.1, 0.15) is 0 Å². The number of nitrogens with one attached hydrogen (secondary N) is 2. The quantitative estimate of drug-likeness (QED) is 0.276. The zero-order chi connectivity index (χ0) is 16.0. The lowest BCUT2D eigenvalue weighted by atomic mass is 9.96. The number of benzene rings is 1. The average molecular weight is 496 g/mol. The topological polar surface area (TPSA) is 62.7 Å². The molecule has 0 amide bonds. The summed E-state index contributed by atoms with van der Waals surface area (Å²) in [5, 5.41) is 6.48. The molecule has 1 aromatic rings. The highest BCUT2D eigenvalue weighted by molar-refractivity contribution is 14.0. The number of aliphatic imine (C=N–C) groups is 1. The first-order valence-electron chi connectivity index (χ1n) is 7.37. The van der Waals surface area contributed by atoms with Crippen molar-refractivity contribution in [3.8, 4) is 0 Å². The van der Waals surface area contributed by atoms with Crippen molar-refractivity contribution in [3.05, 3.63) is 34.3 Å². The fourth-order valence-corrected chi connectivity index (χ4v) is 2.79. The molecule has 0 unspecified atom stereocenters. The monoisotopic (exact) mass is 495 g/mol. The minimum absolute atomic E-state index is 0. The van der Waals surface area contributed by atoms with Gasteiger partial charge in [0.25, 0.3) is 0 Å². The second-order valence-electron chi connectivity index (χ2n) is 5.47. The third kappa shape index (κ3) is 5.95. The molecule has 2 rings (SSSR count). The van der Waals surface area contributed by atoms with Crippen LogP contribution in [-0.2, 0) is 14.9 Å². The zero-order valence-corrected chi connectivity index (χ0v) is 17.3. The summed E-state index contributed by atoms with van der Waals surface area (Å²) in [5.41, 5.74) is 1.54. The van der Waals surface area contributed by atoms with Crippen LogP contribution in [0.4, 0.5) is 0 Å². The summed E-state index contributed by atoms with van der Waals surface area (Å²) in [5.74, 6) is 0.487. The van der Waals surface area contributed by atoms with Crippen molar-refractivity contribution in [3.63, 3.8) is 0 Å². The van der Waals surface area contributed by atoms with E-state index in [9.17, 15) is 4.79 Å². The van der Waals surface area contributed by atoms with Gasteiger partial charge in [-0.05, 0) is 30.5 Å². The average Bonchev–Trinajstić information content (AvgIpc) is 3.31. The lowest BCUT2D eigenvalue weighted by Crippen LogP contribution is -2.42. The number of carbonyl (C=O) groups excluding carboxylic acids is 1. The molecular weight excluding hydrogens is 473 g/mol. The predicted octanol–water partition coefficient (Wildman–Crippen LogP) is 2.83. The lowest BCUT2D eigenvalue weighted by molar-refractivity contribution is -0.140. The maximum Gasteiger partial charge on any atom is 0.307 e. The van der Waals surface area contributed by atoms with E-state index in [2.05, 4.69) is 54.5 Å². The van der Waals surface area contributed by atoms with E-state index in [4.69, 9.17) is 0 Å². The van der Waals surface area contributed by atoms with Crippen LogP contribution < -0.4 is 10.6 Å². The van der Waals surface area contributed by atoms with E-state index in [1.54, 1.807) is 7.05 Å². The van der Waals surface area contributed by atoms with Crippen molar-refractivity contribution < 1.29 is 9.53 Å². The van der Waals surface area contributed by atoms with Crippen molar-refractivity contribution >= 4 is 51.8 Å². The second kappa shape index (κ2) is 9.46. The second-order valence-corrected chi connectivity index (χ2v) is 6.39. The highest BCUT2D eigenvalue weighted by Crippen LogP contribution is 2.48. The van der Waals surface area contributed by atoms with Crippen LogP contribution in [0.25, 0.3) is 0 Å². The molecule has 1 fully saturated rings. The van der Waals surface area contributed by atoms with Gasteiger partial charge in [-0.2, -0.15) is 0 Å². The molecule has 0 aliphatic heterocycles. The normalized spacial score (nSPS) is 15.3. The highest BCUT2D eigenvalue weighted by Gasteiger charge is 2.44. The number of rotatable bonds is 6. The standard InChI is InChI=1S/C16H22BrN3O2.HI/c1-18-15(19-9-6-14(21)22-2)20-11-16(7-8-16)12-4-3-5-13(17)10-12;/h3-5,10H,6-9,11H2,1-2H3,(H2,18,19,20);1H. The van der Waals surface area contributed by atoms with Gasteiger partial charge in [-0.1, -0.05) is 28.1 Å². The highest BCUT2D eigenvalue weighted by atomic mass is 127. The summed E-state index contributed by atoms with van der Waals surface area (Å²) < 4.78 is 5.72. The van der Waals surface area contributed by atoms with E-state index in [-0.39, 0.29) is 35.4 Å². The van der Waals surface area contributed by atoms with Gasteiger partial charge in [0.2, 0.25) is 0 Å². The number of ether oxygens (including phenoxy) is 1. The Labute approximate surface area is 162 Å². The smallest absolute Gasteiger partial charge is 0.307 e. The van der Waals surface area contributed by atoms with Crippen LogP contribution in [0.15, 0.2) is 33.7 Å². The number of halogens is 2. The third-order valence-corrected chi connectivity index (χ3v) is 4.45. The van der Waals surface area contributed by atoms with Gasteiger partial charge in [-0.3, -0.25) is 9.79 Å². The Hall–Kier alpha value is -0.830. The molecule has 0 atom stereocenters. The molecule has 0 aromatic heterocycles. The fourth-order valence-electron chi connectivity index (χ4n) is 2.40. The minimum Gasteiger partial charge on any atom is -0.469 e. The first-order chi connectivity index (χ1) is 10.6. The maximum absolute atomic E-state index is 11.1. The zero-order valence-electron chi connectivity index (χ0n) is 13.4. The van der Waals surface area contributed by atoms with E-state index >= 15 is 0 Å². The first-order valence-corrected chi connectivity index (χ1v) is 8.16. The van der Waals surface area contributed by atoms with Gasteiger partial charge in [0.05, 0.1) is 13.5 Å². The van der Waals surface area contributed by atoms with Crippen LogP contribution in [-0.4, -0.2) is 39.2 Å². The summed E-state index contributed by atoms with van der Waals surface area (Å²) in [6.07, 6.45) is 2.68. The lowest BCUT2D eigenvalue weighted by Gasteiger charge is -2.19. The Morgan fingerprint density at radius 2 is 2.13 bits per heavy atom. The SMILES string of the molecule is CN=C(NCCC(=O)OC)NCC1(c2cccc(Br)c2)CC1.I. The summed E-state index contributed by atoms with van der Waals surface area (Å²) >= 11 is 3.53. The molecule has 0 saturated heterocycles. The van der Waals surface area contributed by atoms with E-state index in [0.29, 0.717) is 18.9 Å². The predicted molar refractivity (Wildman–Crippen MR) is 106 cm³/mol. The van der Waals surface area contributed by atoms with E-state index in [1.807, 2.05) is 6.07 Å². The Morgan fingerprint density at radius 3 is 2.70 bits per heavy atom. The van der Waals surface area contributed by atoms with Crippen LogP contribution in [0.2, 0.25) is 0 Å². The largest absolute Gasteiger partial charge is 0.469 e. The van der Waals surface area contributed by atoms with E-state index in [1.165, 1.54) is 25.5 Å². The van der Waals surface area contributed by atoms with Crippen molar-refractivity contribution in [2.75, 3.05) is 27.2 Å². The molecule has 0 heterocycles. The van der Waals surface area contributed by atoms with Crippen LogP contribution in [0.5, 0.6) is 0 Å². The number of nitrogens with zero attached hydrogens (tertiary/aromatic N) is 1. The molecule has 1 aliphatic rings. The maximum atomic E-state index is 11.1. The van der Waals surface area contributed by atoms with E-state index < -0.39 is 0 Å². The van der Waals surface area contributed by atoms with Crippen LogP contribution >= 0.6 is 39.9 Å². The Morgan fingerprint density at radius 1 is 1.39 bits per heavy atom. The summed E-state index contributed by atoms with van der Waals surface area (Å²) in [6, 6.07) is 8.47. The minimum atomic E-state index is -0.226. The molecular formula is C16H23BrIN3O2. The number of guanidine groups is 1. The molecule has 0 spiro atoms. The number of esters is 1. The van der Waals surface area contributed by atoms with Crippen LogP contribution in [0.3, 0.4) is 0 Å². The molecule has 0 radical (unpaired) electrons. The van der Waals surface area contributed by atoms with Gasteiger partial charge >= 0.3 is 5.97 Å². The van der Waals surface area contributed by atoms with Crippen LogP contribution in [0, 0.1) is 0 Å². The first kappa shape index (κ1) is 20.2. The molecule has 128 valence electrons. The molecule has 1 aromatic carbocycles. The molecule has 1 saturated carbocycles. The number of hydrogen-bond donors (Lipinski definition) is 2. The molecule has 1 aliphatic carbocycles. The third-order valence-electron chi connectivity index (χ3n) is 3.96. The molecule has 7 heteroatoms. The summed E-state index contributed by atoms with van der Waals surface area (Å²) in [7, 11) is 3.12. The number of methoxy groups -OCH3 is 1. The Bertz CT molecular complexity index is 562. The van der Waals surface area contributed by atoms with Crippen molar-refractivity contribution in [2.24, 2.45) is 4.99 Å². The van der Waals surface area contributed by atoms with Crippen LogP contribution in [0.1, 0.15) is 24.8 Å². The van der Waals surface area contributed by atoms with Gasteiger partial charge in [-0.15, -0.1) is 24.0 Å². The molecule has 23 heavy (non-hydrogen) atoms. The number of carbonyl (C=O) groups is 1. The van der Waals surface area contributed by atoms with Gasteiger partial charge in [0.15, 0.2) is 5.96 Å². The molecule has 2 N–H and O–H groups in total. The van der Waals surface area contributed by atoms with Gasteiger partial charge in [0, 0.05) is 30.0 Å². The Kier molecular flexibility index (Phi) is 8.32. The fraction of sp³-hybridized carbons (Fsp3) is 0.500. The Balaban J connectivity index is 0.00000264. The van der Waals surface area contributed by atoms with Gasteiger partial charge in [-0.25, -0.2) is 0 Å².